The van der Waals surface area contributed by atoms with Gasteiger partial charge in [0.2, 0.25) is 5.91 Å². The summed E-state index contributed by atoms with van der Waals surface area (Å²) in [5.41, 5.74) is -0.720. The van der Waals surface area contributed by atoms with Crippen molar-refractivity contribution in [2.45, 2.75) is 82.5 Å². The number of nitrogens with one attached hydrogen (secondary N) is 1. The van der Waals surface area contributed by atoms with Gasteiger partial charge < -0.3 is 20.1 Å². The maximum Gasteiger partial charge on any atom is 0.407 e. The van der Waals surface area contributed by atoms with Crippen molar-refractivity contribution in [3.8, 4) is 0 Å². The van der Waals surface area contributed by atoms with Crippen LogP contribution in [0.1, 0.15) is 70.8 Å². The van der Waals surface area contributed by atoms with Gasteiger partial charge in [0.25, 0.3) is 0 Å². The van der Waals surface area contributed by atoms with Gasteiger partial charge in [0, 0.05) is 23.5 Å². The van der Waals surface area contributed by atoms with Crippen LogP contribution < -0.4 is 5.32 Å². The monoisotopic (exact) mass is 436 g/mol. The molecule has 0 spiro atoms. The molecule has 6 nitrogen and oxygen atoms in total. The summed E-state index contributed by atoms with van der Waals surface area (Å²) in [4.78, 5) is 27.4. The van der Waals surface area contributed by atoms with Gasteiger partial charge in [0.15, 0.2) is 0 Å². The molecule has 3 rings (SSSR count). The molecule has 1 aromatic carbocycles. The Morgan fingerprint density at radius 2 is 1.97 bits per heavy atom. The van der Waals surface area contributed by atoms with Crippen LogP contribution in [-0.2, 0) is 9.53 Å². The zero-order valence-corrected chi connectivity index (χ0v) is 18.9. The predicted molar refractivity (Wildman–Crippen MR) is 117 cm³/mol. The Morgan fingerprint density at radius 3 is 2.60 bits per heavy atom. The van der Waals surface area contributed by atoms with E-state index in [-0.39, 0.29) is 17.6 Å². The van der Waals surface area contributed by atoms with Crippen LogP contribution in [0, 0.1) is 0 Å². The number of hydrogen-bond acceptors (Lipinski definition) is 4. The number of aliphatic hydroxyl groups is 1. The van der Waals surface area contributed by atoms with Crippen molar-refractivity contribution in [3.05, 3.63) is 34.9 Å². The molecule has 2 N–H and O–H groups in total. The molecule has 0 bridgehead atoms. The van der Waals surface area contributed by atoms with Crippen molar-refractivity contribution in [2.24, 2.45) is 0 Å². The molecule has 2 amide bonds. The van der Waals surface area contributed by atoms with Crippen LogP contribution >= 0.6 is 11.6 Å². The summed E-state index contributed by atoms with van der Waals surface area (Å²) in [6, 6.07) is 7.22. The predicted octanol–water partition coefficient (Wildman–Crippen LogP) is 4.24. The fourth-order valence-electron chi connectivity index (χ4n) is 4.52. The van der Waals surface area contributed by atoms with E-state index in [1.54, 1.807) is 17.0 Å². The van der Waals surface area contributed by atoms with Crippen LogP contribution in [-0.4, -0.2) is 52.3 Å². The summed E-state index contributed by atoms with van der Waals surface area (Å²) >= 11 is 6.20. The SMILES string of the molecule is CC(C)(C)NC(=O)O[C@H]1CCN(C(=O)[C@H](c2cccc(Cl)c2)C2(O)CCCCC2)C1. The van der Waals surface area contributed by atoms with Gasteiger partial charge in [-0.15, -0.1) is 0 Å². The number of rotatable bonds is 4. The number of likely N-dealkylation sites (tertiary alicyclic amines) is 1. The lowest BCUT2D eigenvalue weighted by Crippen LogP contribution is -2.48. The number of nitrogens with zero attached hydrogens (tertiary/aromatic N) is 1. The number of benzene rings is 1. The third-order valence-electron chi connectivity index (χ3n) is 5.89. The van der Waals surface area contributed by atoms with Gasteiger partial charge in [0.05, 0.1) is 18.1 Å². The number of ether oxygens (including phenoxy) is 1. The van der Waals surface area contributed by atoms with E-state index in [2.05, 4.69) is 5.32 Å². The molecule has 166 valence electrons. The van der Waals surface area contributed by atoms with Gasteiger partial charge in [-0.25, -0.2) is 4.79 Å². The number of carbonyl (C=O) groups is 2. The minimum atomic E-state index is -1.08. The van der Waals surface area contributed by atoms with E-state index < -0.39 is 17.6 Å². The maximum absolute atomic E-state index is 13.6. The summed E-state index contributed by atoms with van der Waals surface area (Å²) in [7, 11) is 0. The largest absolute Gasteiger partial charge is 0.444 e. The second-order valence-corrected chi connectivity index (χ2v) is 10.1. The van der Waals surface area contributed by atoms with Crippen LogP contribution in [0.3, 0.4) is 0 Å². The highest BCUT2D eigenvalue weighted by Gasteiger charge is 2.46. The van der Waals surface area contributed by atoms with E-state index in [9.17, 15) is 14.7 Å². The first-order chi connectivity index (χ1) is 14.1. The van der Waals surface area contributed by atoms with E-state index in [4.69, 9.17) is 16.3 Å². The molecule has 2 atom stereocenters. The number of halogens is 1. The molecule has 2 fully saturated rings. The molecule has 0 aromatic heterocycles. The van der Waals surface area contributed by atoms with Crippen molar-refractivity contribution in [3.63, 3.8) is 0 Å². The van der Waals surface area contributed by atoms with Gasteiger partial charge in [0.1, 0.15) is 6.10 Å². The number of hydrogen-bond donors (Lipinski definition) is 2. The topological polar surface area (TPSA) is 78.9 Å². The van der Waals surface area contributed by atoms with E-state index >= 15 is 0 Å². The van der Waals surface area contributed by atoms with Crippen molar-refractivity contribution in [2.75, 3.05) is 13.1 Å². The van der Waals surface area contributed by atoms with Crippen LogP contribution in [0.4, 0.5) is 4.79 Å². The molecule has 2 aliphatic rings. The Hall–Kier alpha value is -1.79. The summed E-state index contributed by atoms with van der Waals surface area (Å²) in [5.74, 6) is -0.789. The summed E-state index contributed by atoms with van der Waals surface area (Å²) in [5, 5.41) is 14.8. The molecule has 1 heterocycles. The van der Waals surface area contributed by atoms with E-state index in [1.165, 1.54) is 0 Å². The molecule has 0 radical (unpaired) electrons. The van der Waals surface area contributed by atoms with Crippen molar-refractivity contribution in [1.29, 1.82) is 0 Å². The van der Waals surface area contributed by atoms with Crippen LogP contribution in [0.25, 0.3) is 0 Å². The van der Waals surface area contributed by atoms with Gasteiger partial charge in [-0.3, -0.25) is 4.79 Å². The molecule has 1 saturated carbocycles. The maximum atomic E-state index is 13.6. The Balaban J connectivity index is 1.75. The molecule has 1 aliphatic heterocycles. The quantitative estimate of drug-likeness (QED) is 0.739. The highest BCUT2D eigenvalue weighted by molar-refractivity contribution is 6.30. The van der Waals surface area contributed by atoms with Gasteiger partial charge >= 0.3 is 6.09 Å². The van der Waals surface area contributed by atoms with Crippen molar-refractivity contribution in [1.82, 2.24) is 10.2 Å². The third-order valence-corrected chi connectivity index (χ3v) is 6.13. The average Bonchev–Trinajstić information content (AvgIpc) is 3.09. The molecular weight excluding hydrogens is 404 g/mol. The molecule has 0 unspecified atom stereocenters. The molecule has 1 aromatic rings. The normalized spacial score (nSPS) is 22.4. The van der Waals surface area contributed by atoms with Gasteiger partial charge in [-0.1, -0.05) is 43.0 Å². The first kappa shape index (κ1) is 22.9. The Morgan fingerprint density at radius 1 is 1.27 bits per heavy atom. The average molecular weight is 437 g/mol. The highest BCUT2D eigenvalue weighted by Crippen LogP contribution is 2.42. The molecule has 30 heavy (non-hydrogen) atoms. The Bertz CT molecular complexity index is 771. The first-order valence-electron chi connectivity index (χ1n) is 10.8. The molecule has 1 saturated heterocycles. The summed E-state index contributed by atoms with van der Waals surface area (Å²) < 4.78 is 5.52. The van der Waals surface area contributed by atoms with Crippen LogP contribution in [0.5, 0.6) is 0 Å². The lowest BCUT2D eigenvalue weighted by Gasteiger charge is -2.40. The number of amides is 2. The van der Waals surface area contributed by atoms with Crippen LogP contribution in [0.2, 0.25) is 5.02 Å². The van der Waals surface area contributed by atoms with Crippen molar-refractivity contribution >= 4 is 23.6 Å². The van der Waals surface area contributed by atoms with Gasteiger partial charge in [-0.05, 0) is 51.3 Å². The Labute approximate surface area is 183 Å². The minimum absolute atomic E-state index is 0.121. The van der Waals surface area contributed by atoms with E-state index in [0.29, 0.717) is 37.4 Å². The van der Waals surface area contributed by atoms with E-state index in [1.807, 2.05) is 32.9 Å². The number of alkyl carbamates (subject to hydrolysis) is 1. The fraction of sp³-hybridized carbons (Fsp3) is 0.652. The lowest BCUT2D eigenvalue weighted by molar-refractivity contribution is -0.141. The van der Waals surface area contributed by atoms with Crippen LogP contribution in [0.15, 0.2) is 24.3 Å². The standard InChI is InChI=1S/C23H33ClN2O4/c1-22(2,3)25-21(28)30-18-10-13-26(15-18)20(27)19(16-8-7-9-17(24)14-16)23(29)11-5-4-6-12-23/h7-9,14,18-19,29H,4-6,10-13,15H2,1-3H3,(H,25,28)/t18-,19-/m0/s1. The zero-order valence-electron chi connectivity index (χ0n) is 18.1. The molecular formula is C23H33ClN2O4. The Kier molecular flexibility index (Phi) is 6.98. The number of carbonyl (C=O) groups excluding carboxylic acids is 2. The second kappa shape index (κ2) is 9.15. The third kappa shape index (κ3) is 5.67. The zero-order chi connectivity index (χ0) is 21.9. The van der Waals surface area contributed by atoms with Gasteiger partial charge in [-0.2, -0.15) is 0 Å². The second-order valence-electron chi connectivity index (χ2n) is 9.63. The smallest absolute Gasteiger partial charge is 0.407 e. The first-order valence-corrected chi connectivity index (χ1v) is 11.2. The van der Waals surface area contributed by atoms with E-state index in [0.717, 1.165) is 24.8 Å². The van der Waals surface area contributed by atoms with Crippen molar-refractivity contribution < 1.29 is 19.4 Å². The highest BCUT2D eigenvalue weighted by atomic mass is 35.5. The summed E-state index contributed by atoms with van der Waals surface area (Å²) in [6.45, 7) is 6.50. The summed E-state index contributed by atoms with van der Waals surface area (Å²) in [6.07, 6.45) is 3.83. The molecule has 7 heteroatoms. The molecule has 1 aliphatic carbocycles. The lowest BCUT2D eigenvalue weighted by atomic mass is 9.72. The fourth-order valence-corrected chi connectivity index (χ4v) is 4.71. The minimum Gasteiger partial charge on any atom is -0.444 e.